The molecule has 576 valence electrons. The fourth-order valence-corrected chi connectivity index (χ4v) is 14.7. The number of hydrogen-bond donors (Lipinski definition) is 0. The van der Waals surface area contributed by atoms with Gasteiger partial charge in [-0.05, 0) is 0 Å². The fraction of sp³-hybridized carbons (Fsp3) is 0.619. The van der Waals surface area contributed by atoms with Gasteiger partial charge in [-0.3, -0.25) is 57.5 Å². The Labute approximate surface area is 612 Å². The Balaban J connectivity index is 1.26. The van der Waals surface area contributed by atoms with E-state index >= 15 is 0 Å². The van der Waals surface area contributed by atoms with E-state index in [4.69, 9.17) is 85.3 Å². The summed E-state index contributed by atoms with van der Waals surface area (Å²) in [5.74, 6) is -8.77. The molecule has 3 aliphatic heterocycles. The molecule has 0 aliphatic carbocycles. The lowest BCUT2D eigenvalue weighted by atomic mass is 9.99. The summed E-state index contributed by atoms with van der Waals surface area (Å²) in [5.41, 5.74) is -1.44. The first-order chi connectivity index (χ1) is 49.7. The highest BCUT2D eigenvalue weighted by molar-refractivity contribution is 7.99. The lowest BCUT2D eigenvalue weighted by molar-refractivity contribution is -0.237. The standard InChI is InChI=1S/C63H81N9O30S3/c1-28(73)88-22-46-52(91-31(4)76)55(94-34(7)79)58(97-37(10)82)61(100-46)103-25-40-16-70(67-64-40)19-43-49(85-13)44(20-71-17-41(65-68-71)26-104-62-59(98-38(11)83)56(95-35(8)80)53(92-32(5)77)47(101-62)23-89-29(2)74)51(87-15)45(50(43)86-14)21-72-18-42(66-69-72)27-105-63-60(99-39(12)84)57(96-36(9)81)54(93-33(6)78)48(102-63)24-90-30(3)75/h16-18,46-48,52-63H,19-27H2,1-15H3/t46-,47-,48-,52-,53-,54-,55+,56+,57+,58+,59+,60+,61-,62-,63-/m1/s1. The number of esters is 12. The number of aromatic nitrogens is 9. The first-order valence-corrected chi connectivity index (χ1v) is 35.2. The molecule has 3 saturated heterocycles. The number of nitrogens with zero attached hydrogens (tertiary/aromatic N) is 9. The molecule has 6 heterocycles. The van der Waals surface area contributed by atoms with Gasteiger partial charge in [0.15, 0.2) is 54.9 Å². The van der Waals surface area contributed by atoms with Crippen LogP contribution < -0.4 is 14.2 Å². The second-order valence-electron chi connectivity index (χ2n) is 23.4. The van der Waals surface area contributed by atoms with Gasteiger partial charge in [-0.2, -0.15) is 0 Å². The molecule has 0 amide bonds. The van der Waals surface area contributed by atoms with E-state index in [0.29, 0.717) is 33.8 Å². The lowest BCUT2D eigenvalue weighted by Gasteiger charge is -2.44. The van der Waals surface area contributed by atoms with Crippen LogP contribution in [0.2, 0.25) is 0 Å². The van der Waals surface area contributed by atoms with E-state index in [1.54, 1.807) is 18.6 Å². The normalized spacial score (nSPS) is 24.1. The van der Waals surface area contributed by atoms with Crippen LogP contribution in [0.3, 0.4) is 0 Å². The van der Waals surface area contributed by atoms with Gasteiger partial charge < -0.3 is 85.3 Å². The molecule has 3 fully saturated rings. The minimum Gasteiger partial charge on any atom is -0.496 e. The van der Waals surface area contributed by atoms with E-state index < -0.39 is 181 Å². The van der Waals surface area contributed by atoms with Gasteiger partial charge in [0.2, 0.25) is 0 Å². The van der Waals surface area contributed by atoms with Crippen molar-refractivity contribution in [1.82, 2.24) is 45.0 Å². The molecule has 0 spiro atoms. The molecule has 0 bridgehead atoms. The van der Waals surface area contributed by atoms with Crippen molar-refractivity contribution in [3.8, 4) is 17.2 Å². The quantitative estimate of drug-likeness (QED) is 0.0482. The van der Waals surface area contributed by atoms with E-state index in [-0.39, 0.29) is 54.1 Å². The first kappa shape index (κ1) is 82.9. The summed E-state index contributed by atoms with van der Waals surface area (Å²) >= 11 is 3.12. The number of hydrogen-bond acceptors (Lipinski definition) is 39. The molecule has 4 aromatic rings. The largest absolute Gasteiger partial charge is 0.496 e. The number of thioether (sulfide) groups is 3. The third-order valence-electron chi connectivity index (χ3n) is 15.0. The molecule has 7 rings (SSSR count). The SMILES string of the molecule is COc1c(Cn2cc(CS[C@H]3O[C@H](COC(C)=O)[C@@H](OC(C)=O)[C@H](OC(C)=O)[C@@H]3OC(C)=O)nn2)c(OC)c(Cn2cc(CS[C@H]3O[C@H](COC(C)=O)[C@@H](OC(C)=O)[C@H](OC(C)=O)[C@@H]3OC(C)=O)nn2)c(OC)c1Cn1cc(CS[C@H]2O[C@H](COC(C)=O)[C@@H](OC(C)=O)[C@H](OC(C)=O)[C@@H]2OC(C)=O)nn1. The molecular weight excluding hydrogens is 1460 g/mol. The molecule has 3 aliphatic rings. The topological polar surface area (TPSA) is 463 Å². The van der Waals surface area contributed by atoms with Gasteiger partial charge in [-0.25, -0.2) is 14.0 Å². The zero-order valence-corrected chi connectivity index (χ0v) is 62.2. The predicted octanol–water partition coefficient (Wildman–Crippen LogP) is 1.58. The van der Waals surface area contributed by atoms with Gasteiger partial charge >= 0.3 is 71.6 Å². The third kappa shape index (κ3) is 23.6. The third-order valence-corrected chi connectivity index (χ3v) is 18.5. The molecule has 42 heteroatoms. The van der Waals surface area contributed by atoms with Crippen molar-refractivity contribution in [2.75, 3.05) is 41.2 Å². The Morgan fingerprint density at radius 3 is 0.733 bits per heavy atom. The molecule has 1 aromatic carbocycles. The minimum absolute atomic E-state index is 0.0115. The van der Waals surface area contributed by atoms with Crippen LogP contribution in [0, 0.1) is 0 Å². The van der Waals surface area contributed by atoms with Crippen LogP contribution in [0.5, 0.6) is 17.2 Å². The van der Waals surface area contributed by atoms with Crippen LogP contribution >= 0.6 is 35.3 Å². The molecule has 0 saturated carbocycles. The molecule has 105 heavy (non-hydrogen) atoms. The van der Waals surface area contributed by atoms with Crippen molar-refractivity contribution >= 4 is 107 Å². The summed E-state index contributed by atoms with van der Waals surface area (Å²) in [6.45, 7) is 11.7. The van der Waals surface area contributed by atoms with E-state index in [0.717, 1.165) is 118 Å². The highest BCUT2D eigenvalue weighted by atomic mass is 32.2. The average Bonchev–Trinajstić information content (AvgIpc) is 1.68. The number of benzene rings is 1. The highest BCUT2D eigenvalue weighted by Crippen LogP contribution is 2.46. The van der Waals surface area contributed by atoms with Gasteiger partial charge in [-0.15, -0.1) is 50.6 Å². The Morgan fingerprint density at radius 1 is 0.324 bits per heavy atom. The van der Waals surface area contributed by atoms with Gasteiger partial charge in [0.05, 0.1) is 74.7 Å². The van der Waals surface area contributed by atoms with E-state index in [9.17, 15) is 57.5 Å². The summed E-state index contributed by atoms with van der Waals surface area (Å²) in [6, 6.07) is 0. The van der Waals surface area contributed by atoms with Gasteiger partial charge in [0, 0.05) is 119 Å². The van der Waals surface area contributed by atoms with Gasteiger partial charge in [0.25, 0.3) is 0 Å². The van der Waals surface area contributed by atoms with Crippen molar-refractivity contribution < 1.29 is 143 Å². The maximum atomic E-state index is 12.6. The maximum absolute atomic E-state index is 12.6. The van der Waals surface area contributed by atoms with Crippen LogP contribution in [0.15, 0.2) is 18.6 Å². The Morgan fingerprint density at radius 2 is 0.533 bits per heavy atom. The van der Waals surface area contributed by atoms with Crippen molar-refractivity contribution in [3.63, 3.8) is 0 Å². The van der Waals surface area contributed by atoms with Crippen LogP contribution in [0.25, 0.3) is 0 Å². The number of ether oxygens (including phenoxy) is 18. The molecule has 0 radical (unpaired) electrons. The predicted molar refractivity (Wildman–Crippen MR) is 353 cm³/mol. The average molecular weight is 1540 g/mol. The summed E-state index contributed by atoms with van der Waals surface area (Å²) < 4.78 is 108. The molecule has 0 unspecified atom stereocenters. The number of methoxy groups -OCH3 is 3. The Hall–Kier alpha value is -9.39. The Bertz CT molecular complexity index is 3400. The van der Waals surface area contributed by atoms with Gasteiger partial charge in [-0.1, -0.05) is 15.6 Å². The molecule has 39 nitrogen and oxygen atoms in total. The lowest BCUT2D eigenvalue weighted by Crippen LogP contribution is -2.61. The molecular formula is C63H81N9O30S3. The van der Waals surface area contributed by atoms with Crippen LogP contribution in [0.1, 0.15) is 117 Å². The fourth-order valence-electron chi connectivity index (χ4n) is 11.4. The Kier molecular flexibility index (Phi) is 30.4. The zero-order valence-electron chi connectivity index (χ0n) is 59.8. The summed E-state index contributed by atoms with van der Waals surface area (Å²) in [7, 11) is 4.21. The van der Waals surface area contributed by atoms with Gasteiger partial charge in [0.1, 0.15) is 71.7 Å². The molecule has 0 N–H and O–H groups in total. The first-order valence-electron chi connectivity index (χ1n) is 32.0. The number of carbonyl (C=O) groups is 12. The highest BCUT2D eigenvalue weighted by Gasteiger charge is 2.55. The molecule has 15 atom stereocenters. The van der Waals surface area contributed by atoms with Crippen LogP contribution in [-0.2, 0) is 165 Å². The van der Waals surface area contributed by atoms with E-state index in [1.165, 1.54) is 35.4 Å². The van der Waals surface area contributed by atoms with Crippen molar-refractivity contribution in [3.05, 3.63) is 52.4 Å². The molecule has 3 aromatic heterocycles. The van der Waals surface area contributed by atoms with Crippen molar-refractivity contribution in [1.29, 1.82) is 0 Å². The van der Waals surface area contributed by atoms with Crippen molar-refractivity contribution in [2.24, 2.45) is 0 Å². The zero-order chi connectivity index (χ0) is 77.1. The van der Waals surface area contributed by atoms with E-state index in [1.807, 2.05) is 0 Å². The van der Waals surface area contributed by atoms with Crippen LogP contribution in [-0.4, -0.2) is 247 Å². The summed E-state index contributed by atoms with van der Waals surface area (Å²) in [6.07, 6.45) is -11.5. The van der Waals surface area contributed by atoms with E-state index in [2.05, 4.69) is 30.9 Å². The van der Waals surface area contributed by atoms with Crippen LogP contribution in [0.4, 0.5) is 0 Å². The monoisotopic (exact) mass is 1540 g/mol. The van der Waals surface area contributed by atoms with Crippen molar-refractivity contribution in [2.45, 2.75) is 210 Å². The number of rotatable bonds is 33. The maximum Gasteiger partial charge on any atom is 0.303 e. The number of carbonyl (C=O) groups excluding carboxylic acids is 12. The summed E-state index contributed by atoms with van der Waals surface area (Å²) in [4.78, 5) is 149. The smallest absolute Gasteiger partial charge is 0.303 e. The summed E-state index contributed by atoms with van der Waals surface area (Å²) in [5, 5.41) is 26.6. The second-order valence-corrected chi connectivity index (χ2v) is 26.7. The second kappa shape index (κ2) is 38.6. The minimum atomic E-state index is -1.43.